The Hall–Kier alpha value is -3.86. The van der Waals surface area contributed by atoms with E-state index >= 15 is 0 Å². The third kappa shape index (κ3) is 8.40. The molecule has 0 spiro atoms. The summed E-state index contributed by atoms with van der Waals surface area (Å²) in [5, 5.41) is 4.06. The summed E-state index contributed by atoms with van der Waals surface area (Å²) in [6.07, 6.45) is 0.841. The molecule has 0 aromatic heterocycles. The molecule has 0 radical (unpaired) electrons. The summed E-state index contributed by atoms with van der Waals surface area (Å²) in [4.78, 5) is 16.8. The van der Waals surface area contributed by atoms with Crippen LogP contribution in [0.2, 0.25) is 0 Å². The molecule has 4 rings (SSSR count). The zero-order valence-electron chi connectivity index (χ0n) is 27.6. The minimum atomic E-state index is -5.15. The van der Waals surface area contributed by atoms with E-state index in [2.05, 4.69) is 24.4 Å². The molecule has 2 aromatic carbocycles. The van der Waals surface area contributed by atoms with Crippen LogP contribution in [0.5, 0.6) is 0 Å². The molecule has 0 fully saturated rings. The fourth-order valence-electron chi connectivity index (χ4n) is 5.71. The van der Waals surface area contributed by atoms with Gasteiger partial charge in [-0.1, -0.05) is 6.07 Å². The Morgan fingerprint density at radius 2 is 1.60 bits per heavy atom. The summed E-state index contributed by atoms with van der Waals surface area (Å²) >= 11 is 0. The van der Waals surface area contributed by atoms with Crippen LogP contribution in [0.1, 0.15) is 40.5 Å². The second-order valence-corrected chi connectivity index (χ2v) is 14.2. The number of carbonyl (C=O) groups is 1. The molecule has 4 N–H and O–H groups in total. The van der Waals surface area contributed by atoms with E-state index in [9.17, 15) is 26.2 Å². The van der Waals surface area contributed by atoms with Crippen LogP contribution < -0.4 is 30.8 Å². The summed E-state index contributed by atoms with van der Waals surface area (Å²) in [6.45, 7) is 11.2. The van der Waals surface area contributed by atoms with Crippen molar-refractivity contribution in [1.82, 2.24) is 14.6 Å². The molecule has 0 atom stereocenters. The lowest BCUT2D eigenvalue weighted by molar-refractivity contribution is -0.125. The number of hydrogen-bond donors (Lipinski definition) is 3. The van der Waals surface area contributed by atoms with Crippen molar-refractivity contribution in [2.24, 2.45) is 5.90 Å². The van der Waals surface area contributed by atoms with Crippen LogP contribution in [-0.2, 0) is 29.8 Å². The molecule has 1 amide bonds. The maximum absolute atomic E-state index is 13.2. The number of sulfonamides is 1. The van der Waals surface area contributed by atoms with Crippen LogP contribution >= 0.6 is 0 Å². The van der Waals surface area contributed by atoms with E-state index in [0.717, 1.165) is 43.3 Å². The summed E-state index contributed by atoms with van der Waals surface area (Å²) in [6, 6.07) is 14.8. The lowest BCUT2D eigenvalue weighted by Crippen LogP contribution is -2.30. The molecule has 0 unspecified atom stereocenters. The van der Waals surface area contributed by atoms with Gasteiger partial charge in [-0.15, -0.1) is 0 Å². The van der Waals surface area contributed by atoms with Crippen molar-refractivity contribution in [1.29, 1.82) is 0 Å². The number of fused-ring (bicyclic) bond motifs is 2. The quantitative estimate of drug-likeness (QED) is 0.0516. The largest absolute Gasteiger partial charge is 0.744 e. The van der Waals surface area contributed by atoms with Crippen molar-refractivity contribution >= 4 is 42.7 Å². The van der Waals surface area contributed by atoms with Crippen LogP contribution in [0.25, 0.3) is 33.4 Å². The van der Waals surface area contributed by atoms with Gasteiger partial charge in [0.2, 0.25) is 21.3 Å². The van der Waals surface area contributed by atoms with Gasteiger partial charge in [0.05, 0.1) is 15.9 Å². The summed E-state index contributed by atoms with van der Waals surface area (Å²) in [5.41, 5.74) is 2.48. The minimum absolute atomic E-state index is 0.0199. The summed E-state index contributed by atoms with van der Waals surface area (Å²) in [7, 11) is -9.34. The van der Waals surface area contributed by atoms with E-state index < -0.39 is 30.9 Å². The van der Waals surface area contributed by atoms with Crippen LogP contribution in [0, 0.1) is 0 Å². The third-order valence-corrected chi connectivity index (χ3v) is 10.5. The predicted molar refractivity (Wildman–Crippen MR) is 184 cm³/mol. The topological polar surface area (TPSA) is 187 Å². The molecule has 1 aliphatic heterocycles. The Kier molecular flexibility index (Phi) is 12.3. The van der Waals surface area contributed by atoms with Crippen molar-refractivity contribution in [3.63, 3.8) is 0 Å². The lowest BCUT2D eigenvalue weighted by atomic mass is 9.93. The zero-order valence-corrected chi connectivity index (χ0v) is 29.2. The Morgan fingerprint density at radius 1 is 0.917 bits per heavy atom. The highest BCUT2D eigenvalue weighted by Gasteiger charge is 2.25. The number of nitrogens with one attached hydrogen (secondary N) is 2. The molecular formula is C33H43N5O8S2. The number of carbonyl (C=O) groups excluding carboxylic acids is 1. The Labute approximate surface area is 281 Å². The second-order valence-electron chi connectivity index (χ2n) is 11.1. The fraction of sp³-hybridized carbons (Fsp3) is 0.394. The summed E-state index contributed by atoms with van der Waals surface area (Å²) in [5.74, 6) is 4.95. The highest BCUT2D eigenvalue weighted by molar-refractivity contribution is 7.89. The van der Waals surface area contributed by atoms with Gasteiger partial charge in [0.25, 0.3) is 0 Å². The monoisotopic (exact) mass is 701 g/mol. The first-order valence-corrected chi connectivity index (χ1v) is 18.8. The maximum Gasteiger partial charge on any atom is 0.248 e. The van der Waals surface area contributed by atoms with Gasteiger partial charge in [0.15, 0.2) is 0 Å². The number of nitrogens with two attached hydrogens (primary N) is 1. The van der Waals surface area contributed by atoms with Gasteiger partial charge in [0.1, 0.15) is 41.2 Å². The average molecular weight is 702 g/mol. The van der Waals surface area contributed by atoms with Gasteiger partial charge in [-0.05, 0) is 70.9 Å². The van der Waals surface area contributed by atoms with E-state index in [1.165, 1.54) is 12.1 Å². The van der Waals surface area contributed by atoms with Gasteiger partial charge in [-0.2, -0.15) is 0 Å². The van der Waals surface area contributed by atoms with Crippen LogP contribution in [0.4, 0.5) is 5.69 Å². The third-order valence-electron chi connectivity index (χ3n) is 8.18. The molecule has 1 heterocycles. The second kappa shape index (κ2) is 16.0. The molecule has 2 aromatic rings. The van der Waals surface area contributed by atoms with E-state index in [-0.39, 0.29) is 30.2 Å². The van der Waals surface area contributed by atoms with Gasteiger partial charge < -0.3 is 19.2 Å². The minimum Gasteiger partial charge on any atom is -0.744 e. The number of rotatable bonds is 16. The summed E-state index contributed by atoms with van der Waals surface area (Å²) < 4.78 is 75.8. The fourth-order valence-corrected chi connectivity index (χ4v) is 7.59. The van der Waals surface area contributed by atoms with Crippen LogP contribution in [0.3, 0.4) is 0 Å². The van der Waals surface area contributed by atoms with Crippen molar-refractivity contribution in [2.45, 2.75) is 50.3 Å². The first-order valence-electron chi connectivity index (χ1n) is 15.9. The molecule has 1 aliphatic carbocycles. The number of hydrogen-bond acceptors (Lipinski definition) is 10. The molecule has 0 saturated carbocycles. The molecule has 13 nitrogen and oxygen atoms in total. The Morgan fingerprint density at radius 3 is 2.25 bits per heavy atom. The number of benzene rings is 3. The van der Waals surface area contributed by atoms with Crippen molar-refractivity contribution in [3.8, 4) is 22.5 Å². The Balaban J connectivity index is 1.83. The highest BCUT2D eigenvalue weighted by atomic mass is 32.2. The predicted octanol–water partition coefficient (Wildman–Crippen LogP) is 2.83. The smallest absolute Gasteiger partial charge is 0.248 e. The zero-order chi connectivity index (χ0) is 35.1. The standard InChI is InChI=1S/C33H43N5O8S2/c1-5-37(6-2)23-11-14-26-29(19-23)46-30-20-24(38(7-3)8-4)12-15-27(30)33(26)28-16-13-25(21-31(28)48(42,43)44)47(40,41)36-18-10-9-17-35-32(39)22-45-34/h11-16,19-21,36H,5-10,17-18,22,34H2,1-4H3,(H-,35,39,42,43,44). The van der Waals surface area contributed by atoms with Crippen LogP contribution in [0.15, 0.2) is 68.8 Å². The maximum atomic E-state index is 13.2. The normalized spacial score (nSPS) is 12.0. The van der Waals surface area contributed by atoms with Gasteiger partial charge in [-0.25, -0.2) is 32.0 Å². The number of nitrogens with zero attached hydrogens (tertiary/aromatic N) is 2. The number of amides is 1. The molecule has 15 heteroatoms. The van der Waals surface area contributed by atoms with Gasteiger partial charge >= 0.3 is 0 Å². The number of anilines is 1. The van der Waals surface area contributed by atoms with Crippen molar-refractivity contribution in [2.75, 3.05) is 50.8 Å². The molecule has 48 heavy (non-hydrogen) atoms. The average Bonchev–Trinajstić information content (AvgIpc) is 3.05. The van der Waals surface area contributed by atoms with E-state index in [4.69, 9.17) is 10.3 Å². The van der Waals surface area contributed by atoms with Crippen molar-refractivity contribution in [3.05, 3.63) is 60.0 Å². The van der Waals surface area contributed by atoms with E-state index in [1.807, 2.05) is 64.1 Å². The Bertz CT molecular complexity index is 2020. The molecule has 0 bridgehead atoms. The van der Waals surface area contributed by atoms with E-state index in [1.54, 1.807) is 0 Å². The van der Waals surface area contributed by atoms with E-state index in [0.29, 0.717) is 40.7 Å². The SMILES string of the molecule is CCN(CC)c1ccc2c(-c3ccc(S(=O)(=O)NCCCCNC(=O)CON)cc3S(=O)(=O)[O-])c3ccc(=[N+](CC)CC)cc-3oc2c1. The highest BCUT2D eigenvalue weighted by Crippen LogP contribution is 2.43. The lowest BCUT2D eigenvalue weighted by Gasteiger charge is -2.23. The molecule has 0 saturated heterocycles. The molecule has 260 valence electrons. The van der Waals surface area contributed by atoms with Crippen molar-refractivity contribution < 1.29 is 35.4 Å². The number of unbranched alkanes of at least 4 members (excludes halogenated alkanes) is 1. The first kappa shape index (κ1) is 37.0. The molecular weight excluding hydrogens is 659 g/mol. The van der Waals surface area contributed by atoms with Crippen LogP contribution in [-0.4, -0.2) is 73.2 Å². The van der Waals surface area contributed by atoms with Gasteiger partial charge in [0, 0.05) is 66.1 Å². The van der Waals surface area contributed by atoms with Gasteiger partial charge in [-0.3, -0.25) is 9.63 Å². The molecule has 2 aliphatic rings. The first-order chi connectivity index (χ1) is 22.9.